The first-order valence-corrected chi connectivity index (χ1v) is 5.40. The first-order chi connectivity index (χ1) is 6.56. The molecule has 4 nitrogen and oxygen atoms in total. The van der Waals surface area contributed by atoms with Crippen molar-refractivity contribution in [2.24, 2.45) is 12.8 Å². The van der Waals surface area contributed by atoms with E-state index >= 15 is 0 Å². The number of aromatic nitrogens is 1. The lowest BCUT2D eigenvalue weighted by molar-refractivity contribution is 0.147. The fourth-order valence-electron chi connectivity index (χ4n) is 1.38. The summed E-state index contributed by atoms with van der Waals surface area (Å²) in [5.74, 6) is 0. The average molecular weight is 214 g/mol. The van der Waals surface area contributed by atoms with Crippen LogP contribution >= 0.6 is 11.8 Å². The van der Waals surface area contributed by atoms with E-state index in [9.17, 15) is 4.79 Å². The maximum atomic E-state index is 10.4. The van der Waals surface area contributed by atoms with Crippen LogP contribution in [0.25, 0.3) is 0 Å². The van der Waals surface area contributed by atoms with Gasteiger partial charge in [0.25, 0.3) is 0 Å². The van der Waals surface area contributed by atoms with Crippen LogP contribution < -0.4 is 5.73 Å². The maximum absolute atomic E-state index is 10.4. The molecule has 0 aliphatic heterocycles. The molecule has 1 rings (SSSR count). The summed E-state index contributed by atoms with van der Waals surface area (Å²) in [6.45, 7) is 2.26. The van der Waals surface area contributed by atoms with E-state index in [1.54, 1.807) is 11.8 Å². The Balaban J connectivity index is 2.83. The number of primary amides is 1. The van der Waals surface area contributed by atoms with Gasteiger partial charge in [0.05, 0.1) is 10.7 Å². The van der Waals surface area contributed by atoms with E-state index in [0.717, 1.165) is 5.69 Å². The van der Waals surface area contributed by atoms with Crippen molar-refractivity contribution >= 4 is 17.9 Å². The number of hydrogen-bond acceptors (Lipinski definition) is 3. The molecule has 5 heteroatoms. The zero-order chi connectivity index (χ0) is 10.7. The Hall–Kier alpha value is -1.10. The van der Waals surface area contributed by atoms with Crippen molar-refractivity contribution in [3.05, 3.63) is 17.3 Å². The van der Waals surface area contributed by atoms with Gasteiger partial charge in [-0.25, -0.2) is 4.79 Å². The minimum absolute atomic E-state index is 0.229. The number of amides is 1. The predicted molar refractivity (Wildman–Crippen MR) is 56.3 cm³/mol. The van der Waals surface area contributed by atoms with Gasteiger partial charge in [-0.3, -0.25) is 0 Å². The zero-order valence-electron chi connectivity index (χ0n) is 8.53. The molecule has 0 aromatic carbocycles. The number of carbonyl (C=O) groups is 1. The predicted octanol–water partition coefficient (Wildman–Crippen LogP) is 1.65. The second-order valence-corrected chi connectivity index (χ2v) is 3.79. The molecule has 0 fully saturated rings. The van der Waals surface area contributed by atoms with Crippen LogP contribution in [0.5, 0.6) is 0 Å². The highest BCUT2D eigenvalue weighted by Crippen LogP contribution is 2.23. The van der Waals surface area contributed by atoms with Crippen LogP contribution in [-0.2, 0) is 18.4 Å². The van der Waals surface area contributed by atoms with Gasteiger partial charge in [0.1, 0.15) is 6.61 Å². The Labute approximate surface area is 87.4 Å². The molecule has 1 aromatic rings. The second-order valence-electron chi connectivity index (χ2n) is 2.99. The molecular weight excluding hydrogens is 200 g/mol. The van der Waals surface area contributed by atoms with Crippen molar-refractivity contribution in [3.8, 4) is 0 Å². The largest absolute Gasteiger partial charge is 0.443 e. The Morgan fingerprint density at radius 3 is 2.79 bits per heavy atom. The molecular formula is C9H14N2O2S. The minimum Gasteiger partial charge on any atom is -0.443 e. The van der Waals surface area contributed by atoms with Crippen LogP contribution in [0, 0.1) is 6.92 Å². The smallest absolute Gasteiger partial charge is 0.404 e. The lowest BCUT2D eigenvalue weighted by atomic mass is 10.3. The van der Waals surface area contributed by atoms with Gasteiger partial charge in [0.15, 0.2) is 0 Å². The van der Waals surface area contributed by atoms with Crippen molar-refractivity contribution in [2.45, 2.75) is 18.6 Å². The highest BCUT2D eigenvalue weighted by molar-refractivity contribution is 7.98. The number of rotatable bonds is 3. The third-order valence-corrected chi connectivity index (χ3v) is 2.99. The fraction of sp³-hybridized carbons (Fsp3) is 0.444. The summed E-state index contributed by atoms with van der Waals surface area (Å²) >= 11 is 1.67. The van der Waals surface area contributed by atoms with Gasteiger partial charge in [-0.05, 0) is 24.8 Å². The van der Waals surface area contributed by atoms with Crippen LogP contribution in [0.3, 0.4) is 0 Å². The summed E-state index contributed by atoms with van der Waals surface area (Å²) in [6.07, 6.45) is 1.27. The Kier molecular flexibility index (Phi) is 3.46. The van der Waals surface area contributed by atoms with Crippen molar-refractivity contribution in [1.82, 2.24) is 4.57 Å². The molecule has 0 unspecified atom stereocenters. The van der Waals surface area contributed by atoms with E-state index < -0.39 is 6.09 Å². The minimum atomic E-state index is -0.741. The maximum Gasteiger partial charge on any atom is 0.404 e. The molecule has 1 heterocycles. The molecule has 78 valence electrons. The second kappa shape index (κ2) is 4.41. The van der Waals surface area contributed by atoms with Crippen molar-refractivity contribution in [3.63, 3.8) is 0 Å². The third-order valence-electron chi connectivity index (χ3n) is 2.01. The summed E-state index contributed by atoms with van der Waals surface area (Å²) in [6, 6.07) is 1.99. The van der Waals surface area contributed by atoms with E-state index in [1.165, 1.54) is 10.6 Å². The molecule has 0 spiro atoms. The number of nitrogens with zero attached hydrogens (tertiary/aromatic N) is 1. The Morgan fingerprint density at radius 2 is 2.36 bits per heavy atom. The number of ether oxygens (including phenoxy) is 1. The Morgan fingerprint density at radius 1 is 1.71 bits per heavy atom. The van der Waals surface area contributed by atoms with Crippen LogP contribution in [0.4, 0.5) is 4.79 Å². The van der Waals surface area contributed by atoms with Gasteiger partial charge in [0, 0.05) is 7.05 Å². The number of thioether (sulfide) groups is 1. The Bertz CT molecular complexity index is 347. The van der Waals surface area contributed by atoms with Crippen molar-refractivity contribution in [1.29, 1.82) is 0 Å². The van der Waals surface area contributed by atoms with E-state index in [-0.39, 0.29) is 6.61 Å². The van der Waals surface area contributed by atoms with Crippen LogP contribution in [-0.4, -0.2) is 16.9 Å². The lowest BCUT2D eigenvalue weighted by Crippen LogP contribution is -2.13. The first kappa shape index (κ1) is 11.0. The van der Waals surface area contributed by atoms with Gasteiger partial charge >= 0.3 is 6.09 Å². The van der Waals surface area contributed by atoms with Gasteiger partial charge in [-0.1, -0.05) is 0 Å². The van der Waals surface area contributed by atoms with Crippen LogP contribution in [0.2, 0.25) is 0 Å². The molecule has 0 aliphatic carbocycles. The van der Waals surface area contributed by atoms with Crippen LogP contribution in [0.1, 0.15) is 11.3 Å². The summed E-state index contributed by atoms with van der Waals surface area (Å²) < 4.78 is 6.73. The molecule has 0 bridgehead atoms. The van der Waals surface area contributed by atoms with Crippen LogP contribution in [0.15, 0.2) is 11.1 Å². The number of aryl methyl sites for hydroxylation is 1. The molecule has 0 saturated carbocycles. The zero-order valence-corrected chi connectivity index (χ0v) is 9.35. The highest BCUT2D eigenvalue weighted by atomic mass is 32.2. The number of carbonyl (C=O) groups excluding carboxylic acids is 1. The number of nitrogens with two attached hydrogens (primary N) is 1. The molecule has 0 atom stereocenters. The van der Waals surface area contributed by atoms with Crippen molar-refractivity contribution in [2.75, 3.05) is 6.26 Å². The molecule has 1 aromatic heterocycles. The highest BCUT2D eigenvalue weighted by Gasteiger charge is 2.09. The lowest BCUT2D eigenvalue weighted by Gasteiger charge is -2.05. The molecule has 2 N–H and O–H groups in total. The molecule has 0 saturated heterocycles. The van der Waals surface area contributed by atoms with Gasteiger partial charge in [-0.15, -0.1) is 11.8 Å². The fourth-order valence-corrected chi connectivity index (χ4v) is 2.16. The standard InChI is InChI=1S/C9H14N2O2S/c1-6-4-7(5-13-9(10)12)11(2)8(6)14-3/h4H,5H2,1-3H3,(H2,10,12). The van der Waals surface area contributed by atoms with Gasteiger partial charge in [-0.2, -0.15) is 0 Å². The van der Waals surface area contributed by atoms with Gasteiger partial charge < -0.3 is 15.0 Å². The monoisotopic (exact) mass is 214 g/mol. The molecule has 1 amide bonds. The van der Waals surface area contributed by atoms with Gasteiger partial charge in [0.2, 0.25) is 0 Å². The normalized spacial score (nSPS) is 10.2. The van der Waals surface area contributed by atoms with E-state index in [1.807, 2.05) is 30.9 Å². The summed E-state index contributed by atoms with van der Waals surface area (Å²) in [7, 11) is 1.94. The first-order valence-electron chi connectivity index (χ1n) is 4.17. The molecule has 0 radical (unpaired) electrons. The van der Waals surface area contributed by atoms with Crippen molar-refractivity contribution < 1.29 is 9.53 Å². The topological polar surface area (TPSA) is 57.2 Å². The quantitative estimate of drug-likeness (QED) is 0.778. The van der Waals surface area contributed by atoms with E-state index in [0.29, 0.717) is 0 Å². The van der Waals surface area contributed by atoms with E-state index in [2.05, 4.69) is 0 Å². The van der Waals surface area contributed by atoms with E-state index in [4.69, 9.17) is 10.5 Å². The summed E-state index contributed by atoms with van der Waals surface area (Å²) in [5.41, 5.74) is 7.03. The average Bonchev–Trinajstić information content (AvgIpc) is 2.38. The third kappa shape index (κ3) is 2.23. The summed E-state index contributed by atoms with van der Waals surface area (Å²) in [5, 5.41) is 1.17. The molecule has 14 heavy (non-hydrogen) atoms. The number of hydrogen-bond donors (Lipinski definition) is 1. The SMILES string of the molecule is CSc1c(C)cc(COC(N)=O)n1C. The summed E-state index contributed by atoms with van der Waals surface area (Å²) in [4.78, 5) is 10.4. The molecule has 0 aliphatic rings.